The molecule has 2 rings (SSSR count). The first-order valence-electron chi connectivity index (χ1n) is 5.91. The van der Waals surface area contributed by atoms with Crippen LogP contribution in [-0.4, -0.2) is 16.3 Å². The summed E-state index contributed by atoms with van der Waals surface area (Å²) in [5.41, 5.74) is 1.88. The zero-order valence-corrected chi connectivity index (χ0v) is 13.7. The molecule has 0 aliphatic heterocycles. The van der Waals surface area contributed by atoms with E-state index in [0.717, 1.165) is 22.3 Å². The van der Waals surface area contributed by atoms with Gasteiger partial charge in [-0.1, -0.05) is 42.3 Å². The van der Waals surface area contributed by atoms with Gasteiger partial charge in [-0.15, -0.1) is 0 Å². The number of aryl methyl sites for hydroxylation is 1. The van der Waals surface area contributed by atoms with Crippen LogP contribution >= 0.6 is 39.1 Å². The van der Waals surface area contributed by atoms with Crippen molar-refractivity contribution in [3.05, 3.63) is 50.2 Å². The molecule has 1 aromatic heterocycles. The second-order valence-electron chi connectivity index (χ2n) is 4.14. The average Bonchev–Trinajstić information content (AvgIpc) is 2.70. The van der Waals surface area contributed by atoms with Crippen molar-refractivity contribution in [1.82, 2.24) is 15.1 Å². The Morgan fingerprint density at radius 3 is 2.74 bits per heavy atom. The monoisotopic (exact) mass is 361 g/mol. The summed E-state index contributed by atoms with van der Waals surface area (Å²) in [5, 5.41) is 8.90. The molecule has 1 unspecified atom stereocenters. The molecule has 0 saturated heterocycles. The second-order valence-corrected chi connectivity index (χ2v) is 5.77. The van der Waals surface area contributed by atoms with Gasteiger partial charge in [0.15, 0.2) is 0 Å². The lowest BCUT2D eigenvalue weighted by atomic mass is 10.0. The Hall–Kier alpha value is -0.550. The summed E-state index contributed by atoms with van der Waals surface area (Å²) in [5.74, 6) is 0. The van der Waals surface area contributed by atoms with Crippen LogP contribution in [0.5, 0.6) is 0 Å². The Kier molecular flexibility index (Phi) is 4.90. The Morgan fingerprint density at radius 2 is 2.16 bits per heavy atom. The van der Waals surface area contributed by atoms with Gasteiger partial charge in [-0.3, -0.25) is 4.68 Å². The van der Waals surface area contributed by atoms with E-state index in [1.165, 1.54) is 0 Å². The lowest BCUT2D eigenvalue weighted by molar-refractivity contribution is 0.573. The van der Waals surface area contributed by atoms with E-state index in [0.29, 0.717) is 10.0 Å². The van der Waals surface area contributed by atoms with Gasteiger partial charge in [0.05, 0.1) is 28.0 Å². The highest BCUT2D eigenvalue weighted by Gasteiger charge is 2.23. The molecule has 3 nitrogen and oxygen atoms in total. The van der Waals surface area contributed by atoms with Crippen molar-refractivity contribution in [1.29, 1.82) is 0 Å². The molecule has 0 spiro atoms. The number of hydrogen-bond donors (Lipinski definition) is 1. The van der Waals surface area contributed by atoms with E-state index < -0.39 is 0 Å². The van der Waals surface area contributed by atoms with E-state index in [4.69, 9.17) is 23.2 Å². The van der Waals surface area contributed by atoms with Crippen LogP contribution in [0.3, 0.4) is 0 Å². The fourth-order valence-corrected chi connectivity index (χ4v) is 2.94. The maximum absolute atomic E-state index is 6.39. The molecule has 0 saturated carbocycles. The third-order valence-corrected chi connectivity index (χ3v) is 4.51. The summed E-state index contributed by atoms with van der Waals surface area (Å²) in [6.07, 6.45) is 1.65. The Bertz CT molecular complexity index is 564. The van der Waals surface area contributed by atoms with E-state index in [1.807, 2.05) is 32.2 Å². The number of nitrogens with zero attached hydrogens (tertiary/aromatic N) is 2. The van der Waals surface area contributed by atoms with E-state index in [-0.39, 0.29) is 6.04 Å². The van der Waals surface area contributed by atoms with Crippen LogP contribution in [0.1, 0.15) is 24.2 Å². The molecule has 0 aliphatic carbocycles. The maximum atomic E-state index is 6.39. The number of rotatable bonds is 4. The summed E-state index contributed by atoms with van der Waals surface area (Å²) in [7, 11) is 1.87. The normalized spacial score (nSPS) is 12.7. The standard InChI is InChI=1S/C13H14BrCl2N3/c1-3-17-12(13-10(15)7-18-19(13)2)8-5-4-6-9(14)11(8)16/h4-7,12,17H,3H2,1-2H3. The quantitative estimate of drug-likeness (QED) is 0.883. The molecule has 2 aromatic rings. The summed E-state index contributed by atoms with van der Waals surface area (Å²) >= 11 is 16.1. The molecule has 19 heavy (non-hydrogen) atoms. The second kappa shape index (κ2) is 6.27. The fraction of sp³-hybridized carbons (Fsp3) is 0.308. The highest BCUT2D eigenvalue weighted by molar-refractivity contribution is 9.10. The summed E-state index contributed by atoms with van der Waals surface area (Å²) in [6.45, 7) is 2.85. The third kappa shape index (κ3) is 2.97. The van der Waals surface area contributed by atoms with Gasteiger partial charge >= 0.3 is 0 Å². The van der Waals surface area contributed by atoms with Crippen molar-refractivity contribution in [2.24, 2.45) is 7.05 Å². The number of nitrogens with one attached hydrogen (secondary N) is 1. The van der Waals surface area contributed by atoms with Crippen LogP contribution in [0.25, 0.3) is 0 Å². The van der Waals surface area contributed by atoms with Gasteiger partial charge in [0.2, 0.25) is 0 Å². The largest absolute Gasteiger partial charge is 0.305 e. The SMILES string of the molecule is CCNC(c1cccc(Br)c1Cl)c1c(Cl)cnn1C. The van der Waals surface area contributed by atoms with E-state index in [9.17, 15) is 0 Å². The molecule has 102 valence electrons. The zero-order valence-electron chi connectivity index (χ0n) is 10.6. The van der Waals surface area contributed by atoms with Crippen molar-refractivity contribution in [3.63, 3.8) is 0 Å². The number of hydrogen-bond acceptors (Lipinski definition) is 2. The minimum atomic E-state index is -0.0880. The first-order chi connectivity index (χ1) is 9.06. The first-order valence-corrected chi connectivity index (χ1v) is 7.45. The summed E-state index contributed by atoms with van der Waals surface area (Å²) < 4.78 is 2.64. The number of aromatic nitrogens is 2. The zero-order chi connectivity index (χ0) is 14.0. The molecule has 0 radical (unpaired) electrons. The van der Waals surface area contributed by atoms with Crippen molar-refractivity contribution < 1.29 is 0 Å². The van der Waals surface area contributed by atoms with Gasteiger partial charge < -0.3 is 5.32 Å². The molecule has 1 atom stereocenters. The summed E-state index contributed by atoms with van der Waals surface area (Å²) in [4.78, 5) is 0. The molecule has 6 heteroatoms. The molecule has 1 N–H and O–H groups in total. The van der Waals surface area contributed by atoms with Crippen LogP contribution in [0, 0.1) is 0 Å². The van der Waals surface area contributed by atoms with Gasteiger partial charge in [0, 0.05) is 11.5 Å². The lowest BCUT2D eigenvalue weighted by Crippen LogP contribution is -2.25. The smallest absolute Gasteiger partial charge is 0.0837 e. The Balaban J connectivity index is 2.55. The van der Waals surface area contributed by atoms with Crippen molar-refractivity contribution in [2.75, 3.05) is 6.54 Å². The highest BCUT2D eigenvalue weighted by Crippen LogP contribution is 2.35. The minimum absolute atomic E-state index is 0.0880. The van der Waals surface area contributed by atoms with Crippen LogP contribution < -0.4 is 5.32 Å². The van der Waals surface area contributed by atoms with Crippen molar-refractivity contribution in [2.45, 2.75) is 13.0 Å². The number of benzene rings is 1. The van der Waals surface area contributed by atoms with Gasteiger partial charge in [0.1, 0.15) is 0 Å². The molecule has 1 heterocycles. The van der Waals surface area contributed by atoms with Crippen LogP contribution in [0.15, 0.2) is 28.9 Å². The van der Waals surface area contributed by atoms with Crippen LogP contribution in [0.4, 0.5) is 0 Å². The van der Waals surface area contributed by atoms with Crippen molar-refractivity contribution >= 4 is 39.1 Å². The molecular formula is C13H14BrCl2N3. The number of halogens is 3. The van der Waals surface area contributed by atoms with Crippen LogP contribution in [-0.2, 0) is 7.05 Å². The molecule has 0 amide bonds. The lowest BCUT2D eigenvalue weighted by Gasteiger charge is -2.21. The van der Waals surface area contributed by atoms with E-state index >= 15 is 0 Å². The molecule has 0 fully saturated rings. The van der Waals surface area contributed by atoms with E-state index in [2.05, 4.69) is 26.3 Å². The Labute approximate surface area is 131 Å². The fourth-order valence-electron chi connectivity index (χ4n) is 2.05. The summed E-state index contributed by atoms with van der Waals surface area (Å²) in [6, 6.07) is 5.78. The van der Waals surface area contributed by atoms with Gasteiger partial charge in [-0.2, -0.15) is 5.10 Å². The average molecular weight is 363 g/mol. The molecular weight excluding hydrogens is 349 g/mol. The molecule has 1 aromatic carbocycles. The molecule has 0 bridgehead atoms. The van der Waals surface area contributed by atoms with Crippen LogP contribution in [0.2, 0.25) is 10.0 Å². The first kappa shape index (κ1) is 14.9. The topological polar surface area (TPSA) is 29.9 Å². The van der Waals surface area contributed by atoms with Gasteiger partial charge in [0.25, 0.3) is 0 Å². The predicted octanol–water partition coefficient (Wildman–Crippen LogP) is 4.19. The van der Waals surface area contributed by atoms with Gasteiger partial charge in [-0.05, 0) is 34.1 Å². The Morgan fingerprint density at radius 1 is 1.42 bits per heavy atom. The minimum Gasteiger partial charge on any atom is -0.305 e. The van der Waals surface area contributed by atoms with E-state index in [1.54, 1.807) is 10.9 Å². The maximum Gasteiger partial charge on any atom is 0.0837 e. The third-order valence-electron chi connectivity index (χ3n) is 2.91. The van der Waals surface area contributed by atoms with Crippen molar-refractivity contribution in [3.8, 4) is 0 Å². The highest BCUT2D eigenvalue weighted by atomic mass is 79.9. The molecule has 0 aliphatic rings. The predicted molar refractivity (Wildman–Crippen MR) is 82.9 cm³/mol. The van der Waals surface area contributed by atoms with Gasteiger partial charge in [-0.25, -0.2) is 0 Å².